The van der Waals surface area contributed by atoms with Crippen molar-refractivity contribution in [2.24, 2.45) is 0 Å². The van der Waals surface area contributed by atoms with Gasteiger partial charge < -0.3 is 5.32 Å². The molecular weight excluding hydrogens is 213 g/mol. The highest BCUT2D eigenvalue weighted by Crippen LogP contribution is 2.18. The SMILES string of the molecule is C=CC(Cc1ccc(F)cc1Cl)NCC. The molecule has 0 amide bonds. The molecule has 1 atom stereocenters. The van der Waals surface area contributed by atoms with E-state index in [1.807, 2.05) is 13.0 Å². The Morgan fingerprint density at radius 2 is 2.33 bits per heavy atom. The van der Waals surface area contributed by atoms with Gasteiger partial charge in [0, 0.05) is 11.1 Å². The van der Waals surface area contributed by atoms with Crippen LogP contribution in [0.4, 0.5) is 4.39 Å². The first kappa shape index (κ1) is 12.2. The van der Waals surface area contributed by atoms with Crippen LogP contribution in [-0.4, -0.2) is 12.6 Å². The van der Waals surface area contributed by atoms with Crippen LogP contribution in [0.25, 0.3) is 0 Å². The Morgan fingerprint density at radius 3 is 2.87 bits per heavy atom. The maximum absolute atomic E-state index is 12.8. The van der Waals surface area contributed by atoms with E-state index in [1.54, 1.807) is 6.07 Å². The molecule has 0 radical (unpaired) electrons. The lowest BCUT2D eigenvalue weighted by atomic mass is 10.1. The van der Waals surface area contributed by atoms with Crippen LogP contribution >= 0.6 is 11.6 Å². The summed E-state index contributed by atoms with van der Waals surface area (Å²) in [4.78, 5) is 0. The Labute approximate surface area is 95.0 Å². The standard InChI is InChI=1S/C12H15ClFN/c1-3-11(15-4-2)7-9-5-6-10(14)8-12(9)13/h3,5-6,8,11,15H,1,4,7H2,2H3. The van der Waals surface area contributed by atoms with Crippen molar-refractivity contribution < 1.29 is 4.39 Å². The van der Waals surface area contributed by atoms with Crippen molar-refractivity contribution in [1.82, 2.24) is 5.32 Å². The van der Waals surface area contributed by atoms with E-state index in [0.717, 1.165) is 18.5 Å². The third kappa shape index (κ3) is 3.65. The van der Waals surface area contributed by atoms with Gasteiger partial charge in [-0.3, -0.25) is 0 Å². The van der Waals surface area contributed by atoms with Crippen LogP contribution in [-0.2, 0) is 6.42 Å². The van der Waals surface area contributed by atoms with Gasteiger partial charge in [0.15, 0.2) is 0 Å². The Hall–Kier alpha value is -0.860. The molecule has 0 saturated carbocycles. The molecule has 1 rings (SSSR count). The molecule has 0 aliphatic heterocycles. The predicted molar refractivity (Wildman–Crippen MR) is 62.8 cm³/mol. The number of nitrogens with one attached hydrogen (secondary N) is 1. The number of benzene rings is 1. The number of rotatable bonds is 5. The van der Waals surface area contributed by atoms with Crippen molar-refractivity contribution in [2.75, 3.05) is 6.54 Å². The Kier molecular flexibility index (Phi) is 4.79. The molecular formula is C12H15ClFN. The second kappa shape index (κ2) is 5.89. The number of hydrogen-bond acceptors (Lipinski definition) is 1. The predicted octanol–water partition coefficient (Wildman–Crippen LogP) is 3.19. The molecule has 1 aromatic rings. The molecule has 3 heteroatoms. The van der Waals surface area contributed by atoms with Crippen LogP contribution in [0.5, 0.6) is 0 Å². The Bertz CT molecular complexity index is 338. The number of halogens is 2. The highest BCUT2D eigenvalue weighted by molar-refractivity contribution is 6.31. The smallest absolute Gasteiger partial charge is 0.124 e. The summed E-state index contributed by atoms with van der Waals surface area (Å²) >= 11 is 5.93. The summed E-state index contributed by atoms with van der Waals surface area (Å²) in [5.74, 6) is -0.303. The quantitative estimate of drug-likeness (QED) is 0.762. The van der Waals surface area contributed by atoms with Gasteiger partial charge >= 0.3 is 0 Å². The van der Waals surface area contributed by atoms with Crippen LogP contribution in [0.3, 0.4) is 0 Å². The normalized spacial score (nSPS) is 12.5. The molecule has 0 aliphatic carbocycles. The highest BCUT2D eigenvalue weighted by atomic mass is 35.5. The molecule has 0 aliphatic rings. The first-order valence-corrected chi connectivity index (χ1v) is 5.35. The molecule has 0 fully saturated rings. The largest absolute Gasteiger partial charge is 0.310 e. The second-order valence-electron chi connectivity index (χ2n) is 3.34. The average molecular weight is 228 g/mol. The maximum atomic E-state index is 12.8. The molecule has 1 nitrogen and oxygen atoms in total. The van der Waals surface area contributed by atoms with Crippen molar-refractivity contribution in [3.05, 3.63) is 47.3 Å². The molecule has 1 N–H and O–H groups in total. The summed E-state index contributed by atoms with van der Waals surface area (Å²) in [5, 5.41) is 3.72. The molecule has 1 aromatic carbocycles. The number of likely N-dealkylation sites (N-methyl/N-ethyl adjacent to an activating group) is 1. The van der Waals surface area contributed by atoms with Gasteiger partial charge in [-0.15, -0.1) is 6.58 Å². The van der Waals surface area contributed by atoms with Gasteiger partial charge in [-0.1, -0.05) is 30.7 Å². The fraction of sp³-hybridized carbons (Fsp3) is 0.333. The lowest BCUT2D eigenvalue weighted by Crippen LogP contribution is -2.28. The molecule has 0 saturated heterocycles. The van der Waals surface area contributed by atoms with Gasteiger partial charge in [0.25, 0.3) is 0 Å². The lowest BCUT2D eigenvalue weighted by molar-refractivity contribution is 0.608. The minimum absolute atomic E-state index is 0.179. The summed E-state index contributed by atoms with van der Waals surface area (Å²) < 4.78 is 12.8. The van der Waals surface area contributed by atoms with Gasteiger partial charge in [0.05, 0.1) is 0 Å². The van der Waals surface area contributed by atoms with E-state index >= 15 is 0 Å². The van der Waals surface area contributed by atoms with Crippen LogP contribution < -0.4 is 5.32 Å². The van der Waals surface area contributed by atoms with Gasteiger partial charge in [-0.25, -0.2) is 4.39 Å². The van der Waals surface area contributed by atoms with E-state index in [-0.39, 0.29) is 11.9 Å². The van der Waals surface area contributed by atoms with Crippen LogP contribution in [0, 0.1) is 5.82 Å². The molecule has 0 spiro atoms. The minimum atomic E-state index is -0.303. The molecule has 0 heterocycles. The summed E-state index contributed by atoms with van der Waals surface area (Å²) in [6.45, 7) is 6.64. The second-order valence-corrected chi connectivity index (χ2v) is 3.75. The fourth-order valence-electron chi connectivity index (χ4n) is 1.43. The monoisotopic (exact) mass is 227 g/mol. The third-order valence-corrected chi connectivity index (χ3v) is 2.56. The average Bonchev–Trinajstić information content (AvgIpc) is 2.21. The van der Waals surface area contributed by atoms with Crippen LogP contribution in [0.1, 0.15) is 12.5 Å². The van der Waals surface area contributed by atoms with E-state index in [4.69, 9.17) is 11.6 Å². The van der Waals surface area contributed by atoms with E-state index < -0.39 is 0 Å². The molecule has 1 unspecified atom stereocenters. The van der Waals surface area contributed by atoms with Crippen molar-refractivity contribution in [3.63, 3.8) is 0 Å². The molecule has 82 valence electrons. The van der Waals surface area contributed by atoms with E-state index in [0.29, 0.717) is 5.02 Å². The van der Waals surface area contributed by atoms with Gasteiger partial charge in [-0.2, -0.15) is 0 Å². The van der Waals surface area contributed by atoms with E-state index in [9.17, 15) is 4.39 Å². The third-order valence-electron chi connectivity index (χ3n) is 2.21. The van der Waals surface area contributed by atoms with Crippen LogP contribution in [0.15, 0.2) is 30.9 Å². The zero-order chi connectivity index (χ0) is 11.3. The fourth-order valence-corrected chi connectivity index (χ4v) is 1.67. The van der Waals surface area contributed by atoms with E-state index in [2.05, 4.69) is 11.9 Å². The van der Waals surface area contributed by atoms with Crippen molar-refractivity contribution in [3.8, 4) is 0 Å². The maximum Gasteiger partial charge on any atom is 0.124 e. The highest BCUT2D eigenvalue weighted by Gasteiger charge is 2.07. The summed E-state index contributed by atoms with van der Waals surface area (Å²) in [6.07, 6.45) is 2.57. The van der Waals surface area contributed by atoms with Crippen LogP contribution in [0.2, 0.25) is 5.02 Å². The van der Waals surface area contributed by atoms with Gasteiger partial charge in [-0.05, 0) is 30.7 Å². The lowest BCUT2D eigenvalue weighted by Gasteiger charge is -2.14. The first-order chi connectivity index (χ1) is 7.17. The topological polar surface area (TPSA) is 12.0 Å². The van der Waals surface area contributed by atoms with Crippen molar-refractivity contribution in [1.29, 1.82) is 0 Å². The zero-order valence-corrected chi connectivity index (χ0v) is 9.52. The van der Waals surface area contributed by atoms with Crippen molar-refractivity contribution in [2.45, 2.75) is 19.4 Å². The van der Waals surface area contributed by atoms with E-state index in [1.165, 1.54) is 12.1 Å². The molecule has 0 bridgehead atoms. The van der Waals surface area contributed by atoms with Gasteiger partial charge in [0.2, 0.25) is 0 Å². The summed E-state index contributed by atoms with van der Waals surface area (Å²) in [5.41, 5.74) is 0.934. The number of hydrogen-bond donors (Lipinski definition) is 1. The zero-order valence-electron chi connectivity index (χ0n) is 8.76. The first-order valence-electron chi connectivity index (χ1n) is 4.97. The summed E-state index contributed by atoms with van der Waals surface area (Å²) in [6, 6.07) is 4.65. The Balaban J connectivity index is 2.74. The summed E-state index contributed by atoms with van der Waals surface area (Å²) in [7, 11) is 0. The van der Waals surface area contributed by atoms with Crippen molar-refractivity contribution >= 4 is 11.6 Å². The van der Waals surface area contributed by atoms with Gasteiger partial charge in [0.1, 0.15) is 5.82 Å². The molecule has 15 heavy (non-hydrogen) atoms. The Morgan fingerprint density at radius 1 is 1.60 bits per heavy atom. The molecule has 0 aromatic heterocycles. The minimum Gasteiger partial charge on any atom is -0.310 e.